The Hall–Kier alpha value is -2.90. The molecule has 1 aromatic heterocycles. The Bertz CT molecular complexity index is 771. The smallest absolute Gasteiger partial charge is 0.246 e. The first kappa shape index (κ1) is 16.0. The lowest BCUT2D eigenvalue weighted by Crippen LogP contribution is -2.19. The second kappa shape index (κ2) is 6.69. The summed E-state index contributed by atoms with van der Waals surface area (Å²) in [6.45, 7) is 3.77. The molecule has 1 aliphatic heterocycles. The Balaban J connectivity index is 1.58. The number of carbonyl (C=O) groups is 2. The van der Waals surface area contributed by atoms with E-state index in [2.05, 4.69) is 20.9 Å². The third-order valence-corrected chi connectivity index (χ3v) is 3.61. The van der Waals surface area contributed by atoms with E-state index in [0.29, 0.717) is 12.2 Å². The molecule has 8 heteroatoms. The van der Waals surface area contributed by atoms with Crippen molar-refractivity contribution in [1.82, 2.24) is 15.0 Å². The SMILES string of the molecule is CCC(=O)Nc1cn(CC(=O)Nc2ccc3c(c2)CC(C)O3)nn1. The quantitative estimate of drug-likeness (QED) is 0.868. The summed E-state index contributed by atoms with van der Waals surface area (Å²) in [4.78, 5) is 23.4. The number of benzene rings is 1. The summed E-state index contributed by atoms with van der Waals surface area (Å²) >= 11 is 0. The topological polar surface area (TPSA) is 98.1 Å². The standard InChI is InChI=1S/C16H19N5O3/c1-3-15(22)18-14-8-21(20-19-14)9-16(23)17-12-4-5-13-11(7-12)6-10(2)24-13/h4-5,7-8,10H,3,6,9H2,1-2H3,(H,17,23)(H,18,22). The predicted octanol–water partition coefficient (Wildman–Crippen LogP) is 1.59. The van der Waals surface area contributed by atoms with Gasteiger partial charge < -0.3 is 15.4 Å². The van der Waals surface area contributed by atoms with Crippen LogP contribution in [0.3, 0.4) is 0 Å². The van der Waals surface area contributed by atoms with Crippen LogP contribution in [0.5, 0.6) is 5.75 Å². The molecule has 0 fully saturated rings. The Labute approximate surface area is 139 Å². The van der Waals surface area contributed by atoms with Gasteiger partial charge >= 0.3 is 0 Å². The predicted molar refractivity (Wildman–Crippen MR) is 87.8 cm³/mol. The van der Waals surface area contributed by atoms with E-state index in [-0.39, 0.29) is 24.5 Å². The van der Waals surface area contributed by atoms with Gasteiger partial charge in [0.25, 0.3) is 0 Å². The molecule has 1 unspecified atom stereocenters. The molecule has 3 rings (SSSR count). The third-order valence-electron chi connectivity index (χ3n) is 3.61. The van der Waals surface area contributed by atoms with Gasteiger partial charge in [-0.05, 0) is 30.7 Å². The number of hydrogen-bond donors (Lipinski definition) is 2. The molecule has 1 atom stereocenters. The molecule has 1 aromatic carbocycles. The minimum atomic E-state index is -0.222. The van der Waals surface area contributed by atoms with Gasteiger partial charge in [0, 0.05) is 18.5 Å². The van der Waals surface area contributed by atoms with Crippen molar-refractivity contribution in [2.75, 3.05) is 10.6 Å². The zero-order chi connectivity index (χ0) is 17.1. The molecule has 1 aliphatic rings. The lowest BCUT2D eigenvalue weighted by Gasteiger charge is -2.06. The van der Waals surface area contributed by atoms with E-state index >= 15 is 0 Å². The number of anilines is 2. The maximum atomic E-state index is 12.1. The molecule has 24 heavy (non-hydrogen) atoms. The van der Waals surface area contributed by atoms with Crippen LogP contribution in [0, 0.1) is 0 Å². The second-order valence-corrected chi connectivity index (χ2v) is 5.71. The summed E-state index contributed by atoms with van der Waals surface area (Å²) in [5, 5.41) is 13.0. The molecular weight excluding hydrogens is 310 g/mol. The van der Waals surface area contributed by atoms with Crippen molar-refractivity contribution >= 4 is 23.3 Å². The van der Waals surface area contributed by atoms with Crippen molar-refractivity contribution in [3.8, 4) is 5.75 Å². The van der Waals surface area contributed by atoms with Gasteiger partial charge in [-0.1, -0.05) is 12.1 Å². The summed E-state index contributed by atoms with van der Waals surface area (Å²) in [5.41, 5.74) is 1.81. The molecular formula is C16H19N5O3. The fraction of sp³-hybridized carbons (Fsp3) is 0.375. The summed E-state index contributed by atoms with van der Waals surface area (Å²) in [7, 11) is 0. The van der Waals surface area contributed by atoms with Gasteiger partial charge in [-0.2, -0.15) is 0 Å². The highest BCUT2D eigenvalue weighted by atomic mass is 16.5. The van der Waals surface area contributed by atoms with Gasteiger partial charge in [-0.3, -0.25) is 9.59 Å². The van der Waals surface area contributed by atoms with Crippen LogP contribution in [0.4, 0.5) is 11.5 Å². The number of rotatable bonds is 5. The first-order chi connectivity index (χ1) is 11.5. The van der Waals surface area contributed by atoms with E-state index < -0.39 is 0 Å². The van der Waals surface area contributed by atoms with E-state index in [4.69, 9.17) is 4.74 Å². The lowest BCUT2D eigenvalue weighted by atomic mass is 10.1. The molecule has 2 amide bonds. The Morgan fingerprint density at radius 2 is 2.17 bits per heavy atom. The van der Waals surface area contributed by atoms with Crippen molar-refractivity contribution in [3.05, 3.63) is 30.0 Å². The minimum absolute atomic E-state index is 0.0129. The molecule has 0 spiro atoms. The number of ether oxygens (including phenoxy) is 1. The highest BCUT2D eigenvalue weighted by Gasteiger charge is 2.19. The third kappa shape index (κ3) is 3.70. The van der Waals surface area contributed by atoms with E-state index in [1.54, 1.807) is 6.92 Å². The van der Waals surface area contributed by atoms with Crippen molar-refractivity contribution in [2.24, 2.45) is 0 Å². The number of carbonyl (C=O) groups excluding carboxylic acids is 2. The van der Waals surface area contributed by atoms with Crippen LogP contribution in [-0.4, -0.2) is 32.9 Å². The molecule has 0 bridgehead atoms. The van der Waals surface area contributed by atoms with Crippen LogP contribution in [0.15, 0.2) is 24.4 Å². The van der Waals surface area contributed by atoms with Crippen molar-refractivity contribution < 1.29 is 14.3 Å². The van der Waals surface area contributed by atoms with Gasteiger partial charge in [-0.25, -0.2) is 4.68 Å². The first-order valence-corrected chi connectivity index (χ1v) is 7.83. The average molecular weight is 329 g/mol. The van der Waals surface area contributed by atoms with Crippen LogP contribution in [0.2, 0.25) is 0 Å². The van der Waals surface area contributed by atoms with E-state index in [1.807, 2.05) is 25.1 Å². The molecule has 0 saturated heterocycles. The monoisotopic (exact) mass is 329 g/mol. The molecule has 8 nitrogen and oxygen atoms in total. The second-order valence-electron chi connectivity index (χ2n) is 5.71. The van der Waals surface area contributed by atoms with Crippen LogP contribution in [0.25, 0.3) is 0 Å². The average Bonchev–Trinajstić information content (AvgIpc) is 3.11. The number of aromatic nitrogens is 3. The lowest BCUT2D eigenvalue weighted by molar-refractivity contribution is -0.117. The number of hydrogen-bond acceptors (Lipinski definition) is 5. The van der Waals surface area contributed by atoms with E-state index in [1.165, 1.54) is 10.9 Å². The fourth-order valence-corrected chi connectivity index (χ4v) is 2.51. The number of amides is 2. The molecule has 2 N–H and O–H groups in total. The Morgan fingerprint density at radius 1 is 1.33 bits per heavy atom. The first-order valence-electron chi connectivity index (χ1n) is 7.83. The largest absolute Gasteiger partial charge is 0.490 e. The summed E-state index contributed by atoms with van der Waals surface area (Å²) < 4.78 is 7.01. The molecule has 0 aliphatic carbocycles. The molecule has 126 valence electrons. The van der Waals surface area contributed by atoms with Gasteiger partial charge in [0.15, 0.2) is 5.82 Å². The normalized spacial score (nSPS) is 15.5. The van der Waals surface area contributed by atoms with Gasteiger partial charge in [0.2, 0.25) is 11.8 Å². The number of nitrogens with zero attached hydrogens (tertiary/aromatic N) is 3. The summed E-state index contributed by atoms with van der Waals surface area (Å²) in [6.07, 6.45) is 2.87. The van der Waals surface area contributed by atoms with E-state index in [9.17, 15) is 9.59 Å². The number of nitrogens with one attached hydrogen (secondary N) is 2. The van der Waals surface area contributed by atoms with Crippen LogP contribution >= 0.6 is 0 Å². The van der Waals surface area contributed by atoms with Gasteiger partial charge in [-0.15, -0.1) is 5.10 Å². The molecule has 2 aromatic rings. The summed E-state index contributed by atoms with van der Waals surface area (Å²) in [5.74, 6) is 0.827. The summed E-state index contributed by atoms with van der Waals surface area (Å²) in [6, 6.07) is 5.59. The van der Waals surface area contributed by atoms with Gasteiger partial charge in [0.1, 0.15) is 18.4 Å². The molecule has 0 radical (unpaired) electrons. The van der Waals surface area contributed by atoms with Crippen LogP contribution in [-0.2, 0) is 22.6 Å². The molecule has 2 heterocycles. The van der Waals surface area contributed by atoms with Crippen molar-refractivity contribution in [1.29, 1.82) is 0 Å². The Kier molecular flexibility index (Phi) is 4.45. The number of fused-ring (bicyclic) bond motifs is 1. The van der Waals surface area contributed by atoms with E-state index in [0.717, 1.165) is 23.4 Å². The fourth-order valence-electron chi connectivity index (χ4n) is 2.51. The minimum Gasteiger partial charge on any atom is -0.490 e. The maximum Gasteiger partial charge on any atom is 0.246 e. The highest BCUT2D eigenvalue weighted by molar-refractivity contribution is 5.91. The Morgan fingerprint density at radius 3 is 2.96 bits per heavy atom. The van der Waals surface area contributed by atoms with Crippen molar-refractivity contribution in [3.63, 3.8) is 0 Å². The van der Waals surface area contributed by atoms with Crippen LogP contribution in [0.1, 0.15) is 25.8 Å². The maximum absolute atomic E-state index is 12.1. The zero-order valence-corrected chi connectivity index (χ0v) is 13.6. The van der Waals surface area contributed by atoms with Crippen molar-refractivity contribution in [2.45, 2.75) is 39.3 Å². The molecule has 0 saturated carbocycles. The van der Waals surface area contributed by atoms with Crippen LogP contribution < -0.4 is 15.4 Å². The van der Waals surface area contributed by atoms with Gasteiger partial charge in [0.05, 0.1) is 6.20 Å². The zero-order valence-electron chi connectivity index (χ0n) is 13.6. The highest BCUT2D eigenvalue weighted by Crippen LogP contribution is 2.30.